The lowest BCUT2D eigenvalue weighted by molar-refractivity contribution is -0.121. The SMILES string of the molecule is O=C(CCS(=O)(=O)c1ccccc1)NNC(=O)c1cc(Br)c[nH]1. The van der Waals surface area contributed by atoms with Gasteiger partial charge in [0.15, 0.2) is 9.84 Å². The van der Waals surface area contributed by atoms with E-state index in [0.29, 0.717) is 4.47 Å². The number of benzene rings is 1. The predicted octanol–water partition coefficient (Wildman–Crippen LogP) is 1.40. The maximum Gasteiger partial charge on any atom is 0.286 e. The first-order valence-corrected chi connectivity index (χ1v) is 9.04. The lowest BCUT2D eigenvalue weighted by Crippen LogP contribution is -2.42. The van der Waals surface area contributed by atoms with Crippen LogP contribution in [-0.2, 0) is 14.6 Å². The maximum absolute atomic E-state index is 12.0. The molecule has 1 aromatic heterocycles. The number of carbonyl (C=O) groups excluding carboxylic acids is 2. The molecule has 0 radical (unpaired) electrons. The van der Waals surface area contributed by atoms with Gasteiger partial charge in [0, 0.05) is 17.1 Å². The number of hydrogen-bond donors (Lipinski definition) is 3. The molecule has 0 fully saturated rings. The van der Waals surface area contributed by atoms with Crippen LogP contribution < -0.4 is 10.9 Å². The Hall–Kier alpha value is -2.13. The van der Waals surface area contributed by atoms with Crippen molar-refractivity contribution in [3.05, 3.63) is 52.8 Å². The standard InChI is InChI=1S/C14H14BrN3O4S/c15-10-8-12(16-9-10)14(20)18-17-13(19)6-7-23(21,22)11-4-2-1-3-5-11/h1-5,8-9,16H,6-7H2,(H,17,19)(H,18,20). The third kappa shape index (κ3) is 4.93. The van der Waals surface area contributed by atoms with Crippen LogP contribution in [0.1, 0.15) is 16.9 Å². The zero-order valence-corrected chi connectivity index (χ0v) is 14.3. The second kappa shape index (κ2) is 7.42. The summed E-state index contributed by atoms with van der Waals surface area (Å²) in [5.74, 6) is -1.47. The molecule has 2 amide bonds. The molecular weight excluding hydrogens is 386 g/mol. The van der Waals surface area contributed by atoms with Crippen molar-refractivity contribution in [2.75, 3.05) is 5.75 Å². The summed E-state index contributed by atoms with van der Waals surface area (Å²) in [7, 11) is -3.53. The fraction of sp³-hybridized carbons (Fsp3) is 0.143. The van der Waals surface area contributed by atoms with Gasteiger partial charge in [-0.2, -0.15) is 0 Å². The second-order valence-electron chi connectivity index (χ2n) is 4.62. The Bertz CT molecular complexity index is 802. The van der Waals surface area contributed by atoms with Gasteiger partial charge in [-0.3, -0.25) is 20.4 Å². The number of H-pyrrole nitrogens is 1. The van der Waals surface area contributed by atoms with Gasteiger partial charge >= 0.3 is 0 Å². The Morgan fingerprint density at radius 2 is 1.83 bits per heavy atom. The summed E-state index contributed by atoms with van der Waals surface area (Å²) in [4.78, 5) is 26.2. The van der Waals surface area contributed by atoms with Gasteiger partial charge in [-0.1, -0.05) is 18.2 Å². The lowest BCUT2D eigenvalue weighted by Gasteiger charge is -2.07. The molecule has 1 aromatic carbocycles. The van der Waals surface area contributed by atoms with Gasteiger partial charge in [-0.05, 0) is 34.1 Å². The third-order valence-electron chi connectivity index (χ3n) is 2.91. The van der Waals surface area contributed by atoms with Gasteiger partial charge in [0.25, 0.3) is 5.91 Å². The number of nitrogens with one attached hydrogen (secondary N) is 3. The number of aromatic nitrogens is 1. The van der Waals surface area contributed by atoms with Gasteiger partial charge in [-0.15, -0.1) is 0 Å². The fourth-order valence-electron chi connectivity index (χ4n) is 1.73. The van der Waals surface area contributed by atoms with E-state index in [9.17, 15) is 18.0 Å². The number of hydrogen-bond acceptors (Lipinski definition) is 4. The second-order valence-corrected chi connectivity index (χ2v) is 7.64. The summed E-state index contributed by atoms with van der Waals surface area (Å²) in [6, 6.07) is 9.42. The van der Waals surface area contributed by atoms with Crippen molar-refractivity contribution in [1.82, 2.24) is 15.8 Å². The van der Waals surface area contributed by atoms with Crippen molar-refractivity contribution >= 4 is 37.6 Å². The van der Waals surface area contributed by atoms with Crippen molar-refractivity contribution in [3.8, 4) is 0 Å². The molecule has 7 nitrogen and oxygen atoms in total. The van der Waals surface area contributed by atoms with Crippen LogP contribution in [0.5, 0.6) is 0 Å². The number of hydrazine groups is 1. The minimum atomic E-state index is -3.53. The molecule has 0 bridgehead atoms. The molecule has 2 aromatic rings. The molecule has 9 heteroatoms. The molecule has 0 atom stereocenters. The minimum Gasteiger partial charge on any atom is -0.356 e. The molecule has 0 saturated carbocycles. The number of amides is 2. The molecule has 0 aliphatic carbocycles. The molecule has 0 aliphatic rings. The summed E-state index contributed by atoms with van der Waals surface area (Å²) >= 11 is 3.18. The zero-order valence-electron chi connectivity index (χ0n) is 11.9. The van der Waals surface area contributed by atoms with Crippen molar-refractivity contribution in [2.45, 2.75) is 11.3 Å². The lowest BCUT2D eigenvalue weighted by atomic mass is 10.4. The first-order chi connectivity index (χ1) is 10.9. The average molecular weight is 400 g/mol. The quantitative estimate of drug-likeness (QED) is 0.660. The number of aromatic amines is 1. The zero-order chi connectivity index (χ0) is 16.9. The van der Waals surface area contributed by atoms with Crippen LogP contribution in [0.15, 0.2) is 52.0 Å². The van der Waals surface area contributed by atoms with E-state index in [-0.39, 0.29) is 22.8 Å². The number of rotatable bonds is 5. The van der Waals surface area contributed by atoms with Gasteiger partial charge < -0.3 is 4.98 Å². The number of carbonyl (C=O) groups is 2. The molecule has 2 rings (SSSR count). The van der Waals surface area contributed by atoms with Gasteiger partial charge in [0.2, 0.25) is 5.91 Å². The Morgan fingerprint density at radius 1 is 1.13 bits per heavy atom. The highest BCUT2D eigenvalue weighted by Gasteiger charge is 2.16. The van der Waals surface area contributed by atoms with Crippen molar-refractivity contribution in [2.24, 2.45) is 0 Å². The Balaban J connectivity index is 1.82. The van der Waals surface area contributed by atoms with Crippen LogP contribution in [0.3, 0.4) is 0 Å². The van der Waals surface area contributed by atoms with Crippen LogP contribution in [0, 0.1) is 0 Å². The maximum atomic E-state index is 12.0. The molecule has 0 unspecified atom stereocenters. The molecule has 23 heavy (non-hydrogen) atoms. The molecule has 0 aliphatic heterocycles. The Morgan fingerprint density at radius 3 is 2.43 bits per heavy atom. The molecule has 1 heterocycles. The van der Waals surface area contributed by atoms with Crippen molar-refractivity contribution in [1.29, 1.82) is 0 Å². The molecule has 3 N–H and O–H groups in total. The largest absolute Gasteiger partial charge is 0.356 e. The van der Waals surface area contributed by atoms with Crippen molar-refractivity contribution < 1.29 is 18.0 Å². The highest BCUT2D eigenvalue weighted by atomic mass is 79.9. The summed E-state index contributed by atoms with van der Waals surface area (Å²) in [6.07, 6.45) is 1.31. The monoisotopic (exact) mass is 399 g/mol. The van der Waals surface area contributed by atoms with Crippen molar-refractivity contribution in [3.63, 3.8) is 0 Å². The summed E-state index contributed by atoms with van der Waals surface area (Å²) < 4.78 is 24.7. The van der Waals surface area contributed by atoms with E-state index in [1.54, 1.807) is 30.5 Å². The predicted molar refractivity (Wildman–Crippen MR) is 87.2 cm³/mol. The minimum absolute atomic E-state index is 0.160. The van der Waals surface area contributed by atoms with Crippen LogP contribution in [0.2, 0.25) is 0 Å². The van der Waals surface area contributed by atoms with E-state index >= 15 is 0 Å². The average Bonchev–Trinajstić information content (AvgIpc) is 2.98. The Kier molecular flexibility index (Phi) is 5.56. The van der Waals surface area contributed by atoms with E-state index in [1.165, 1.54) is 12.1 Å². The molecule has 122 valence electrons. The highest BCUT2D eigenvalue weighted by Crippen LogP contribution is 2.11. The summed E-state index contributed by atoms with van der Waals surface area (Å²) in [5.41, 5.74) is 4.64. The van der Waals surface area contributed by atoms with Gasteiger partial charge in [0.05, 0.1) is 10.6 Å². The van der Waals surface area contributed by atoms with Gasteiger partial charge in [-0.25, -0.2) is 8.42 Å². The first kappa shape index (κ1) is 17.2. The third-order valence-corrected chi connectivity index (χ3v) is 5.10. The number of halogens is 1. The van der Waals surface area contributed by atoms with Crippen LogP contribution in [0.25, 0.3) is 0 Å². The summed E-state index contributed by atoms with van der Waals surface area (Å²) in [5, 5.41) is 0. The smallest absolute Gasteiger partial charge is 0.286 e. The normalized spacial score (nSPS) is 11.0. The van der Waals surface area contributed by atoms with E-state index < -0.39 is 21.7 Å². The molecular formula is C14H14BrN3O4S. The van der Waals surface area contributed by atoms with Crippen LogP contribution >= 0.6 is 15.9 Å². The first-order valence-electron chi connectivity index (χ1n) is 6.59. The van der Waals surface area contributed by atoms with E-state index in [4.69, 9.17) is 0 Å². The molecule has 0 saturated heterocycles. The molecule has 0 spiro atoms. The van der Waals surface area contributed by atoms with E-state index in [0.717, 1.165) is 0 Å². The topological polar surface area (TPSA) is 108 Å². The fourth-order valence-corrected chi connectivity index (χ4v) is 3.33. The summed E-state index contributed by atoms with van der Waals surface area (Å²) in [6.45, 7) is 0. The van der Waals surface area contributed by atoms with Crippen LogP contribution in [-0.4, -0.2) is 31.0 Å². The highest BCUT2D eigenvalue weighted by molar-refractivity contribution is 9.10. The Labute approximate surface area is 141 Å². The van der Waals surface area contributed by atoms with Gasteiger partial charge in [0.1, 0.15) is 5.69 Å². The van der Waals surface area contributed by atoms with E-state index in [1.807, 2.05) is 0 Å². The number of sulfone groups is 1. The van der Waals surface area contributed by atoms with E-state index in [2.05, 4.69) is 31.8 Å². The van der Waals surface area contributed by atoms with Crippen LogP contribution in [0.4, 0.5) is 0 Å².